The van der Waals surface area contributed by atoms with Crippen LogP contribution in [0.4, 0.5) is 0 Å². The van der Waals surface area contributed by atoms with Crippen LogP contribution in [0.3, 0.4) is 0 Å². The molecule has 0 saturated heterocycles. The van der Waals surface area contributed by atoms with Gasteiger partial charge in [0.05, 0.1) is 0 Å². The Morgan fingerprint density at radius 1 is 0.636 bits per heavy atom. The molecule has 3 rings (SSSR count). The summed E-state index contributed by atoms with van der Waals surface area (Å²) in [5, 5.41) is 0. The zero-order chi connectivity index (χ0) is 23.6. The van der Waals surface area contributed by atoms with E-state index in [4.69, 9.17) is 9.47 Å². The van der Waals surface area contributed by atoms with E-state index >= 15 is 0 Å². The fourth-order valence-electron chi connectivity index (χ4n) is 2.75. The van der Waals surface area contributed by atoms with Crippen molar-refractivity contribution in [2.45, 2.75) is 6.92 Å². The van der Waals surface area contributed by atoms with Crippen LogP contribution in [0.1, 0.15) is 29.2 Å². The maximum atomic E-state index is 11.6. The molecule has 0 atom stereocenters. The van der Waals surface area contributed by atoms with Crippen LogP contribution in [0, 0.1) is 0 Å². The van der Waals surface area contributed by atoms with Gasteiger partial charge >= 0.3 is 11.9 Å². The van der Waals surface area contributed by atoms with Gasteiger partial charge in [-0.1, -0.05) is 86.0 Å². The van der Waals surface area contributed by atoms with Gasteiger partial charge in [0.15, 0.2) is 0 Å². The molecule has 0 aliphatic heterocycles. The van der Waals surface area contributed by atoms with Crippen LogP contribution < -0.4 is 9.47 Å². The van der Waals surface area contributed by atoms with Gasteiger partial charge in [0, 0.05) is 11.6 Å². The molecule has 0 spiro atoms. The molecule has 4 heteroatoms. The van der Waals surface area contributed by atoms with E-state index in [0.29, 0.717) is 17.1 Å². The lowest BCUT2D eigenvalue weighted by Gasteiger charge is -2.03. The molecular weight excluding hydrogens is 412 g/mol. The molecule has 0 heterocycles. The predicted octanol–water partition coefficient (Wildman–Crippen LogP) is 6.60. The normalized spacial score (nSPS) is 10.8. The average Bonchev–Trinajstić information content (AvgIpc) is 2.83. The fraction of sp³-hybridized carbons (Fsp3) is 0.0345. The van der Waals surface area contributed by atoms with Gasteiger partial charge in [-0.15, -0.1) is 0 Å². The van der Waals surface area contributed by atoms with Gasteiger partial charge < -0.3 is 9.47 Å². The Kier molecular flexibility index (Phi) is 7.92. The molecule has 0 saturated carbocycles. The van der Waals surface area contributed by atoms with Crippen molar-refractivity contribution >= 4 is 36.2 Å². The van der Waals surface area contributed by atoms with E-state index in [1.54, 1.807) is 31.2 Å². The minimum absolute atomic E-state index is 0.363. The van der Waals surface area contributed by atoms with Crippen molar-refractivity contribution in [2.75, 3.05) is 0 Å². The first-order valence-electron chi connectivity index (χ1n) is 10.3. The topological polar surface area (TPSA) is 52.6 Å². The highest BCUT2D eigenvalue weighted by Gasteiger charge is 2.04. The molecule has 0 aromatic heterocycles. The van der Waals surface area contributed by atoms with Crippen molar-refractivity contribution in [2.24, 2.45) is 0 Å². The van der Waals surface area contributed by atoms with E-state index in [-0.39, 0.29) is 0 Å². The third-order valence-electron chi connectivity index (χ3n) is 4.58. The van der Waals surface area contributed by atoms with Gasteiger partial charge in [0.25, 0.3) is 0 Å². The zero-order valence-corrected chi connectivity index (χ0v) is 18.4. The van der Waals surface area contributed by atoms with Gasteiger partial charge in [-0.05, 0) is 53.4 Å². The molecule has 3 aromatic rings. The average molecular weight is 437 g/mol. The summed E-state index contributed by atoms with van der Waals surface area (Å²) in [6, 6.07) is 22.7. The molecule has 4 nitrogen and oxygen atoms in total. The van der Waals surface area contributed by atoms with E-state index < -0.39 is 11.9 Å². The number of rotatable bonds is 8. The largest absolute Gasteiger partial charge is 0.423 e. The molecule has 0 unspecified atom stereocenters. The Morgan fingerprint density at radius 3 is 1.30 bits per heavy atom. The molecule has 0 fully saturated rings. The van der Waals surface area contributed by atoms with E-state index in [9.17, 15) is 9.59 Å². The van der Waals surface area contributed by atoms with Gasteiger partial charge in [0.1, 0.15) is 11.5 Å². The van der Waals surface area contributed by atoms with Crippen LogP contribution in [-0.4, -0.2) is 11.9 Å². The van der Waals surface area contributed by atoms with Crippen LogP contribution in [0.2, 0.25) is 0 Å². The number of hydrogen-bond acceptors (Lipinski definition) is 4. The number of ether oxygens (including phenoxy) is 2. The summed E-state index contributed by atoms with van der Waals surface area (Å²) in [5.74, 6) is 0.0615. The number of carbonyl (C=O) groups excluding carboxylic acids is 2. The van der Waals surface area contributed by atoms with Crippen molar-refractivity contribution in [3.8, 4) is 11.5 Å². The standard InChI is InChI=1S/C29H24O4/c1-4-28(30)32-26-17-13-24(14-18-26)11-9-22-5-7-23(8-6-22)10-12-25-15-19-27(20-16-25)33-29(31)21(2)3/h4-20H,1-2H2,3H3/b11-9+,12-10+. The molecule has 33 heavy (non-hydrogen) atoms. The lowest BCUT2D eigenvalue weighted by Crippen LogP contribution is -2.07. The first-order valence-corrected chi connectivity index (χ1v) is 10.3. The van der Waals surface area contributed by atoms with E-state index in [2.05, 4.69) is 13.2 Å². The van der Waals surface area contributed by atoms with Crippen molar-refractivity contribution in [1.29, 1.82) is 0 Å². The summed E-state index contributed by atoms with van der Waals surface area (Å²) in [4.78, 5) is 22.8. The first-order chi connectivity index (χ1) is 15.9. The van der Waals surface area contributed by atoms with Crippen molar-refractivity contribution in [3.63, 3.8) is 0 Å². The van der Waals surface area contributed by atoms with E-state index in [1.807, 2.05) is 72.8 Å². The number of benzene rings is 3. The lowest BCUT2D eigenvalue weighted by molar-refractivity contribution is -0.130. The fourth-order valence-corrected chi connectivity index (χ4v) is 2.75. The minimum atomic E-state index is -0.478. The van der Waals surface area contributed by atoms with Crippen LogP contribution in [0.5, 0.6) is 11.5 Å². The molecule has 3 aromatic carbocycles. The van der Waals surface area contributed by atoms with Gasteiger partial charge in [-0.3, -0.25) is 0 Å². The maximum Gasteiger partial charge on any atom is 0.338 e. The highest BCUT2D eigenvalue weighted by atomic mass is 16.5. The van der Waals surface area contributed by atoms with Crippen LogP contribution in [0.25, 0.3) is 24.3 Å². The lowest BCUT2D eigenvalue weighted by atomic mass is 10.1. The Balaban J connectivity index is 1.57. The van der Waals surface area contributed by atoms with Crippen molar-refractivity contribution < 1.29 is 19.1 Å². The summed E-state index contributed by atoms with van der Waals surface area (Å²) < 4.78 is 10.3. The van der Waals surface area contributed by atoms with Crippen LogP contribution in [-0.2, 0) is 9.59 Å². The second-order valence-electron chi connectivity index (χ2n) is 7.27. The number of hydrogen-bond donors (Lipinski definition) is 0. The molecular formula is C29H24O4. The molecule has 164 valence electrons. The molecule has 0 N–H and O–H groups in total. The molecule has 0 aliphatic carbocycles. The SMILES string of the molecule is C=CC(=O)Oc1ccc(/C=C/c2ccc(/C=C/c3ccc(OC(=O)C(=C)C)cc3)cc2)cc1. The summed E-state index contributed by atoms with van der Waals surface area (Å²) in [6.45, 7) is 8.57. The minimum Gasteiger partial charge on any atom is -0.423 e. The highest BCUT2D eigenvalue weighted by molar-refractivity contribution is 5.88. The third-order valence-corrected chi connectivity index (χ3v) is 4.58. The molecule has 0 aliphatic rings. The van der Waals surface area contributed by atoms with Crippen molar-refractivity contribution in [3.05, 3.63) is 120 Å². The van der Waals surface area contributed by atoms with Crippen molar-refractivity contribution in [1.82, 2.24) is 0 Å². The van der Waals surface area contributed by atoms with Gasteiger partial charge in [0.2, 0.25) is 0 Å². The molecule has 0 radical (unpaired) electrons. The smallest absolute Gasteiger partial charge is 0.338 e. The molecule has 0 bridgehead atoms. The first kappa shape index (κ1) is 23.2. The Hall–Kier alpha value is -4.44. The Labute approximate surface area is 193 Å². The second kappa shape index (κ2) is 11.3. The van der Waals surface area contributed by atoms with Crippen LogP contribution >= 0.6 is 0 Å². The van der Waals surface area contributed by atoms with E-state index in [0.717, 1.165) is 28.3 Å². The third kappa shape index (κ3) is 7.33. The Morgan fingerprint density at radius 2 is 0.970 bits per heavy atom. The van der Waals surface area contributed by atoms with Gasteiger partial charge in [-0.2, -0.15) is 0 Å². The van der Waals surface area contributed by atoms with Gasteiger partial charge in [-0.25, -0.2) is 9.59 Å². The Bertz CT molecular complexity index is 1200. The maximum absolute atomic E-state index is 11.6. The highest BCUT2D eigenvalue weighted by Crippen LogP contribution is 2.17. The monoisotopic (exact) mass is 436 g/mol. The van der Waals surface area contributed by atoms with Crippen LogP contribution in [0.15, 0.2) is 97.6 Å². The zero-order valence-electron chi connectivity index (χ0n) is 18.4. The number of carbonyl (C=O) groups is 2. The number of esters is 2. The quantitative estimate of drug-likeness (QED) is 0.173. The summed E-state index contributed by atoms with van der Waals surface area (Å²) in [6.07, 6.45) is 9.16. The molecule has 0 amide bonds. The summed E-state index contributed by atoms with van der Waals surface area (Å²) in [7, 11) is 0. The summed E-state index contributed by atoms with van der Waals surface area (Å²) in [5.41, 5.74) is 4.49. The predicted molar refractivity (Wildman–Crippen MR) is 133 cm³/mol. The second-order valence-corrected chi connectivity index (χ2v) is 7.27. The van der Waals surface area contributed by atoms with E-state index in [1.165, 1.54) is 0 Å². The summed E-state index contributed by atoms with van der Waals surface area (Å²) >= 11 is 0.